The molecule has 14 nitrogen and oxygen atoms in total. The van der Waals surface area contributed by atoms with E-state index in [1.54, 1.807) is 52.4 Å². The summed E-state index contributed by atoms with van der Waals surface area (Å²) in [4.78, 5) is 47.2. The van der Waals surface area contributed by atoms with Gasteiger partial charge in [-0.15, -0.1) is 0 Å². The first-order valence-corrected chi connectivity index (χ1v) is 28.7. The molecule has 0 aliphatic heterocycles. The summed E-state index contributed by atoms with van der Waals surface area (Å²) in [5.41, 5.74) is 0.802. The molecule has 5 rings (SSSR count). The Morgan fingerprint density at radius 3 is 1.22 bits per heavy atom. The van der Waals surface area contributed by atoms with E-state index in [1.165, 1.54) is 23.7 Å². The minimum Gasteiger partial charge on any atom is -0.490 e. The van der Waals surface area contributed by atoms with Crippen LogP contribution in [-0.2, 0) is 57.1 Å². The number of esters is 4. The van der Waals surface area contributed by atoms with Crippen LogP contribution in [0.2, 0.25) is 0 Å². The van der Waals surface area contributed by atoms with Gasteiger partial charge in [0.1, 0.15) is 24.7 Å². The number of ether oxygens (including phenoxy) is 10. The average Bonchev–Trinajstić information content (AvgIpc) is 4.20. The molecule has 2 aromatic carbocycles. The summed E-state index contributed by atoms with van der Waals surface area (Å²) in [7, 11) is 0. The molecule has 14 heteroatoms. The Hall–Kier alpha value is -4.76. The molecule has 3 aliphatic rings. The normalized spacial score (nSPS) is 17.6. The van der Waals surface area contributed by atoms with E-state index in [1.807, 2.05) is 74.5 Å². The van der Waals surface area contributed by atoms with Crippen molar-refractivity contribution < 1.29 is 66.5 Å². The number of benzene rings is 2. The Kier molecular flexibility index (Phi) is 36.5. The summed E-state index contributed by atoms with van der Waals surface area (Å²) in [5.74, 6) is 5.01. The van der Waals surface area contributed by atoms with E-state index in [2.05, 4.69) is 13.2 Å². The van der Waals surface area contributed by atoms with Crippen molar-refractivity contribution >= 4 is 23.9 Å². The Balaban J connectivity index is 0.000000335. The molecule has 6 unspecified atom stereocenters. The third-order valence-corrected chi connectivity index (χ3v) is 13.7. The summed E-state index contributed by atoms with van der Waals surface area (Å²) in [5, 5.41) is 0. The number of carbonyl (C=O) groups excluding carboxylic acids is 4. The monoisotopic (exact) mass is 1060 g/mol. The van der Waals surface area contributed by atoms with Gasteiger partial charge in [-0.25, -0.2) is 9.59 Å². The fourth-order valence-corrected chi connectivity index (χ4v) is 9.71. The van der Waals surface area contributed by atoms with Crippen LogP contribution < -0.4 is 9.47 Å². The second-order valence-electron chi connectivity index (χ2n) is 20.2. The zero-order valence-electron chi connectivity index (χ0n) is 47.0. The van der Waals surface area contributed by atoms with Gasteiger partial charge in [0.2, 0.25) is 0 Å². The molecular formula is C62H96O14. The van der Waals surface area contributed by atoms with E-state index in [0.717, 1.165) is 115 Å². The summed E-state index contributed by atoms with van der Waals surface area (Å²) in [6.45, 7) is 20.2. The number of hydrogen-bond donors (Lipinski definition) is 0. The van der Waals surface area contributed by atoms with Crippen LogP contribution in [-0.4, -0.2) is 115 Å². The van der Waals surface area contributed by atoms with Crippen molar-refractivity contribution in [2.45, 2.75) is 168 Å². The number of fused-ring (bicyclic) bond motifs is 5. The topological polar surface area (TPSA) is 161 Å². The van der Waals surface area contributed by atoms with Crippen molar-refractivity contribution in [3.63, 3.8) is 0 Å². The molecule has 2 aromatic rings. The third kappa shape index (κ3) is 30.8. The van der Waals surface area contributed by atoms with Gasteiger partial charge in [-0.3, -0.25) is 9.59 Å². The Morgan fingerprint density at radius 2 is 0.842 bits per heavy atom. The van der Waals surface area contributed by atoms with E-state index < -0.39 is 12.2 Å². The lowest BCUT2D eigenvalue weighted by Gasteiger charge is -2.23. The summed E-state index contributed by atoms with van der Waals surface area (Å²) < 4.78 is 54.9. The highest BCUT2D eigenvalue weighted by atomic mass is 16.6. The van der Waals surface area contributed by atoms with Gasteiger partial charge in [0.15, 0.2) is 12.2 Å². The van der Waals surface area contributed by atoms with Crippen molar-refractivity contribution in [1.82, 2.24) is 0 Å². The number of unbranched alkanes of at least 4 members (excludes halogenated alkanes) is 8. The quantitative estimate of drug-likeness (QED) is 0.0268. The molecule has 2 bridgehead atoms. The number of rotatable bonds is 40. The molecule has 3 fully saturated rings. The van der Waals surface area contributed by atoms with Crippen LogP contribution in [0.1, 0.15) is 156 Å². The maximum atomic E-state index is 12.3. The molecule has 0 N–H and O–H groups in total. The highest BCUT2D eigenvalue weighted by molar-refractivity contribution is 5.87. The molecule has 6 atom stereocenters. The molecule has 76 heavy (non-hydrogen) atoms. The van der Waals surface area contributed by atoms with Gasteiger partial charge in [0.25, 0.3) is 0 Å². The number of hydrogen-bond acceptors (Lipinski definition) is 14. The minimum absolute atomic E-state index is 0.239. The van der Waals surface area contributed by atoms with Gasteiger partial charge >= 0.3 is 23.9 Å². The summed E-state index contributed by atoms with van der Waals surface area (Å²) >= 11 is 0. The first-order valence-electron chi connectivity index (χ1n) is 28.7. The first kappa shape index (κ1) is 65.5. The fraction of sp³-hybridized carbons (Fsp3) is 0.677. The van der Waals surface area contributed by atoms with Gasteiger partial charge in [-0.05, 0) is 159 Å². The molecule has 3 saturated carbocycles. The number of carbonyl (C=O) groups is 4. The predicted octanol–water partition coefficient (Wildman–Crippen LogP) is 12.6. The SMILES string of the molecule is C1CC2C3CCC(C3)C2C1.C=C(C)C(=O)OCCCCCCC(=O)OC(COCCCCOCC)COc1ccccc1.C=C(C)C(=O)OCCCCCCC(=O)OC(COCCCCOCC)COc1ccccc1. The van der Waals surface area contributed by atoms with Crippen LogP contribution in [0.3, 0.4) is 0 Å². The molecule has 0 spiro atoms. The lowest BCUT2D eigenvalue weighted by atomic mass is 9.82. The molecule has 3 aliphatic carbocycles. The van der Waals surface area contributed by atoms with E-state index >= 15 is 0 Å². The molecule has 0 saturated heterocycles. The van der Waals surface area contributed by atoms with Crippen molar-refractivity contribution in [1.29, 1.82) is 0 Å². The van der Waals surface area contributed by atoms with Crippen LogP contribution >= 0.6 is 0 Å². The van der Waals surface area contributed by atoms with Gasteiger partial charge in [0, 0.05) is 63.6 Å². The average molecular weight is 1070 g/mol. The van der Waals surface area contributed by atoms with Crippen LogP contribution in [0.5, 0.6) is 11.5 Å². The van der Waals surface area contributed by atoms with Crippen molar-refractivity contribution in [2.75, 3.05) is 79.3 Å². The van der Waals surface area contributed by atoms with Crippen LogP contribution in [0, 0.1) is 23.7 Å². The molecule has 0 radical (unpaired) electrons. The van der Waals surface area contributed by atoms with Gasteiger partial charge < -0.3 is 47.4 Å². The highest BCUT2D eigenvalue weighted by Crippen LogP contribution is 2.58. The van der Waals surface area contributed by atoms with Gasteiger partial charge in [-0.1, -0.05) is 81.7 Å². The van der Waals surface area contributed by atoms with Crippen LogP contribution in [0.25, 0.3) is 0 Å². The van der Waals surface area contributed by atoms with E-state index in [4.69, 9.17) is 47.4 Å². The zero-order valence-corrected chi connectivity index (χ0v) is 47.0. The maximum absolute atomic E-state index is 12.3. The van der Waals surface area contributed by atoms with Crippen molar-refractivity contribution in [2.24, 2.45) is 23.7 Å². The first-order chi connectivity index (χ1) is 37.0. The third-order valence-electron chi connectivity index (χ3n) is 13.7. The molecular weight excluding hydrogens is 969 g/mol. The fourth-order valence-electron chi connectivity index (χ4n) is 9.71. The summed E-state index contributed by atoms with van der Waals surface area (Å²) in [6, 6.07) is 18.9. The molecule has 0 heterocycles. The highest BCUT2D eigenvalue weighted by Gasteiger charge is 2.48. The smallest absolute Gasteiger partial charge is 0.333 e. The van der Waals surface area contributed by atoms with Crippen molar-refractivity contribution in [3.05, 3.63) is 85.0 Å². The summed E-state index contributed by atoms with van der Waals surface area (Å²) in [6.07, 6.45) is 19.4. The van der Waals surface area contributed by atoms with Gasteiger partial charge in [0.05, 0.1) is 26.4 Å². The zero-order chi connectivity index (χ0) is 54.9. The Labute approximate surface area is 456 Å². The lowest BCUT2D eigenvalue weighted by molar-refractivity contribution is -0.155. The molecule has 428 valence electrons. The second kappa shape index (κ2) is 42.3. The van der Waals surface area contributed by atoms with E-state index in [9.17, 15) is 19.2 Å². The second-order valence-corrected chi connectivity index (χ2v) is 20.2. The number of para-hydroxylation sites is 2. The minimum atomic E-state index is -0.467. The van der Waals surface area contributed by atoms with E-state index in [0.29, 0.717) is 63.6 Å². The molecule has 0 amide bonds. The molecule has 0 aromatic heterocycles. The maximum Gasteiger partial charge on any atom is 0.333 e. The predicted molar refractivity (Wildman–Crippen MR) is 296 cm³/mol. The standard InChI is InChI=1S/2C26H40O7.C10H16/c2*1-4-29-17-12-13-18-30-20-24(21-32-23-14-8-7-9-15-23)33-25(27)16-10-5-6-11-19-31-26(28)22(2)3;1-2-9-7-4-5-8(6-7)10(9)3-1/h2*7-9,14-15,24H,2,4-6,10-13,16-21H2,1,3H3;7-10H,1-6H2. The Morgan fingerprint density at radius 1 is 0.474 bits per heavy atom. The van der Waals surface area contributed by atoms with Crippen LogP contribution in [0.15, 0.2) is 85.0 Å². The lowest BCUT2D eigenvalue weighted by Crippen LogP contribution is -2.30. The van der Waals surface area contributed by atoms with Gasteiger partial charge in [-0.2, -0.15) is 0 Å². The van der Waals surface area contributed by atoms with Crippen molar-refractivity contribution in [3.8, 4) is 11.5 Å². The van der Waals surface area contributed by atoms with Crippen LogP contribution in [0.4, 0.5) is 0 Å². The largest absolute Gasteiger partial charge is 0.490 e. The Bertz CT molecular complexity index is 1720. The van der Waals surface area contributed by atoms with E-state index in [-0.39, 0.29) is 37.1 Å².